The van der Waals surface area contributed by atoms with E-state index in [4.69, 9.17) is 0 Å². The molecule has 0 aliphatic rings. The summed E-state index contributed by atoms with van der Waals surface area (Å²) in [4.78, 5) is 0. The van der Waals surface area contributed by atoms with Crippen LogP contribution in [-0.4, -0.2) is 13.1 Å². The summed E-state index contributed by atoms with van der Waals surface area (Å²) < 4.78 is 0. The molecule has 0 heterocycles. The molecule has 1 nitrogen and oxygen atoms in total. The fourth-order valence-electron chi connectivity index (χ4n) is 1.88. The van der Waals surface area contributed by atoms with E-state index in [1.54, 1.807) is 0 Å². The van der Waals surface area contributed by atoms with Gasteiger partial charge in [0, 0.05) is 6.04 Å². The molecule has 12 heavy (non-hydrogen) atoms. The van der Waals surface area contributed by atoms with Crippen molar-refractivity contribution in [2.24, 2.45) is 11.8 Å². The molecule has 0 rings (SSSR count). The standard InChI is InChI=1S/C11H25N/c1-6-11(12-5)8-10(4)7-9(2)3/h9-12H,6-8H2,1-5H3. The summed E-state index contributed by atoms with van der Waals surface area (Å²) in [6.07, 6.45) is 3.93. The maximum atomic E-state index is 3.36. The van der Waals surface area contributed by atoms with Gasteiger partial charge in [-0.2, -0.15) is 0 Å². The van der Waals surface area contributed by atoms with E-state index in [-0.39, 0.29) is 0 Å². The molecule has 74 valence electrons. The van der Waals surface area contributed by atoms with Crippen molar-refractivity contribution in [3.8, 4) is 0 Å². The quantitative estimate of drug-likeness (QED) is 0.647. The molecule has 2 unspecified atom stereocenters. The lowest BCUT2D eigenvalue weighted by molar-refractivity contribution is 0.357. The van der Waals surface area contributed by atoms with Crippen LogP contribution in [0.1, 0.15) is 47.0 Å². The van der Waals surface area contributed by atoms with Gasteiger partial charge in [0.2, 0.25) is 0 Å². The van der Waals surface area contributed by atoms with Crippen LogP contribution >= 0.6 is 0 Å². The van der Waals surface area contributed by atoms with Gasteiger partial charge in [-0.25, -0.2) is 0 Å². The Labute approximate surface area is 77.9 Å². The maximum absolute atomic E-state index is 3.36. The number of hydrogen-bond donors (Lipinski definition) is 1. The lowest BCUT2D eigenvalue weighted by Gasteiger charge is -2.20. The largest absolute Gasteiger partial charge is 0.317 e. The molecule has 0 radical (unpaired) electrons. The molecule has 0 aromatic rings. The third-order valence-corrected chi connectivity index (χ3v) is 2.46. The third kappa shape index (κ3) is 5.59. The van der Waals surface area contributed by atoms with Gasteiger partial charge in [-0.05, 0) is 38.1 Å². The Morgan fingerprint density at radius 3 is 2.00 bits per heavy atom. The molecule has 0 saturated carbocycles. The molecular weight excluding hydrogens is 146 g/mol. The van der Waals surface area contributed by atoms with Crippen molar-refractivity contribution in [1.29, 1.82) is 0 Å². The molecule has 0 amide bonds. The zero-order valence-corrected chi connectivity index (χ0v) is 9.35. The zero-order chi connectivity index (χ0) is 9.56. The van der Waals surface area contributed by atoms with Crippen LogP contribution < -0.4 is 5.32 Å². The van der Waals surface area contributed by atoms with Gasteiger partial charge in [-0.15, -0.1) is 0 Å². The molecule has 0 aromatic carbocycles. The predicted octanol–water partition coefficient (Wildman–Crippen LogP) is 3.06. The summed E-state index contributed by atoms with van der Waals surface area (Å²) in [6.45, 7) is 9.22. The summed E-state index contributed by atoms with van der Waals surface area (Å²) in [5.41, 5.74) is 0. The Morgan fingerprint density at radius 1 is 1.08 bits per heavy atom. The van der Waals surface area contributed by atoms with E-state index in [1.807, 2.05) is 0 Å². The first-order chi connectivity index (χ1) is 5.60. The van der Waals surface area contributed by atoms with Crippen molar-refractivity contribution in [1.82, 2.24) is 5.32 Å². The van der Waals surface area contributed by atoms with Crippen molar-refractivity contribution in [3.05, 3.63) is 0 Å². The highest BCUT2D eigenvalue weighted by molar-refractivity contribution is 4.67. The van der Waals surface area contributed by atoms with Gasteiger partial charge >= 0.3 is 0 Å². The van der Waals surface area contributed by atoms with Gasteiger partial charge in [0.05, 0.1) is 0 Å². The highest BCUT2D eigenvalue weighted by Crippen LogP contribution is 2.17. The second kappa shape index (κ2) is 6.47. The van der Waals surface area contributed by atoms with Crippen LogP contribution in [0, 0.1) is 11.8 Å². The topological polar surface area (TPSA) is 12.0 Å². The Morgan fingerprint density at radius 2 is 1.67 bits per heavy atom. The van der Waals surface area contributed by atoms with Crippen LogP contribution in [-0.2, 0) is 0 Å². The lowest BCUT2D eigenvalue weighted by atomic mass is 9.92. The third-order valence-electron chi connectivity index (χ3n) is 2.46. The Balaban J connectivity index is 3.58. The molecule has 0 bridgehead atoms. The summed E-state index contributed by atoms with van der Waals surface area (Å²) >= 11 is 0. The van der Waals surface area contributed by atoms with Crippen LogP contribution in [0.3, 0.4) is 0 Å². The van der Waals surface area contributed by atoms with Crippen LogP contribution in [0.25, 0.3) is 0 Å². The van der Waals surface area contributed by atoms with Crippen molar-refractivity contribution < 1.29 is 0 Å². The SMILES string of the molecule is CCC(CC(C)CC(C)C)NC. The summed E-state index contributed by atoms with van der Waals surface area (Å²) in [5, 5.41) is 3.36. The number of hydrogen-bond acceptors (Lipinski definition) is 1. The van der Waals surface area contributed by atoms with Crippen LogP contribution in [0.15, 0.2) is 0 Å². The van der Waals surface area contributed by atoms with Gasteiger partial charge in [-0.1, -0.05) is 27.7 Å². The van der Waals surface area contributed by atoms with E-state index in [2.05, 4.69) is 40.1 Å². The van der Waals surface area contributed by atoms with Crippen molar-refractivity contribution >= 4 is 0 Å². The zero-order valence-electron chi connectivity index (χ0n) is 9.35. The number of nitrogens with one attached hydrogen (secondary N) is 1. The monoisotopic (exact) mass is 171 g/mol. The van der Waals surface area contributed by atoms with E-state index in [0.29, 0.717) is 0 Å². The van der Waals surface area contributed by atoms with Crippen molar-refractivity contribution in [2.75, 3.05) is 7.05 Å². The molecule has 0 aromatic heterocycles. The fraction of sp³-hybridized carbons (Fsp3) is 1.00. The highest BCUT2D eigenvalue weighted by Gasteiger charge is 2.10. The average Bonchev–Trinajstić information content (AvgIpc) is 1.98. The maximum Gasteiger partial charge on any atom is 0.00639 e. The molecule has 0 spiro atoms. The van der Waals surface area contributed by atoms with Gasteiger partial charge in [0.1, 0.15) is 0 Å². The molecule has 1 N–H and O–H groups in total. The Bertz CT molecular complexity index is 95.2. The van der Waals surface area contributed by atoms with Gasteiger partial charge < -0.3 is 5.32 Å². The van der Waals surface area contributed by atoms with E-state index in [0.717, 1.165) is 17.9 Å². The molecule has 2 atom stereocenters. The Kier molecular flexibility index (Phi) is 6.45. The molecule has 0 saturated heterocycles. The van der Waals surface area contributed by atoms with Crippen molar-refractivity contribution in [3.63, 3.8) is 0 Å². The lowest BCUT2D eigenvalue weighted by Crippen LogP contribution is -2.26. The second-order valence-electron chi connectivity index (χ2n) is 4.36. The van der Waals surface area contributed by atoms with E-state index >= 15 is 0 Å². The van der Waals surface area contributed by atoms with E-state index in [1.165, 1.54) is 19.3 Å². The minimum atomic E-state index is 0.721. The molecular formula is C11H25N. The summed E-state index contributed by atoms with van der Waals surface area (Å²) in [7, 11) is 2.07. The molecule has 1 heteroatoms. The Hall–Kier alpha value is -0.0400. The normalized spacial score (nSPS) is 16.5. The first-order valence-corrected chi connectivity index (χ1v) is 5.27. The molecule has 0 fully saturated rings. The van der Waals surface area contributed by atoms with E-state index in [9.17, 15) is 0 Å². The first-order valence-electron chi connectivity index (χ1n) is 5.27. The predicted molar refractivity (Wildman–Crippen MR) is 56.4 cm³/mol. The fourth-order valence-corrected chi connectivity index (χ4v) is 1.88. The molecule has 0 aliphatic heterocycles. The van der Waals surface area contributed by atoms with Crippen molar-refractivity contribution in [2.45, 2.75) is 53.0 Å². The van der Waals surface area contributed by atoms with Gasteiger partial charge in [0.25, 0.3) is 0 Å². The smallest absolute Gasteiger partial charge is 0.00639 e. The number of rotatable bonds is 6. The minimum Gasteiger partial charge on any atom is -0.317 e. The highest BCUT2D eigenvalue weighted by atomic mass is 14.9. The van der Waals surface area contributed by atoms with Gasteiger partial charge in [0.15, 0.2) is 0 Å². The molecule has 0 aliphatic carbocycles. The first kappa shape index (κ1) is 12.0. The van der Waals surface area contributed by atoms with Gasteiger partial charge in [-0.3, -0.25) is 0 Å². The average molecular weight is 171 g/mol. The van der Waals surface area contributed by atoms with Crippen LogP contribution in [0.4, 0.5) is 0 Å². The summed E-state index contributed by atoms with van der Waals surface area (Å²) in [5.74, 6) is 1.71. The minimum absolute atomic E-state index is 0.721. The summed E-state index contributed by atoms with van der Waals surface area (Å²) in [6, 6.07) is 0.721. The van der Waals surface area contributed by atoms with E-state index < -0.39 is 0 Å². The van der Waals surface area contributed by atoms with Crippen LogP contribution in [0.2, 0.25) is 0 Å². The second-order valence-corrected chi connectivity index (χ2v) is 4.36. The van der Waals surface area contributed by atoms with Crippen LogP contribution in [0.5, 0.6) is 0 Å².